The highest BCUT2D eigenvalue weighted by Crippen LogP contribution is 2.35. The van der Waals surface area contributed by atoms with Gasteiger partial charge in [0.1, 0.15) is 10.6 Å². The molecule has 1 N–H and O–H groups in total. The van der Waals surface area contributed by atoms with E-state index in [4.69, 9.17) is 4.74 Å². The molecule has 172 valence electrons. The molecule has 0 bridgehead atoms. The molecule has 0 saturated heterocycles. The van der Waals surface area contributed by atoms with Crippen LogP contribution in [-0.4, -0.2) is 49.1 Å². The van der Waals surface area contributed by atoms with Crippen molar-refractivity contribution in [2.45, 2.75) is 17.0 Å². The first-order valence-corrected chi connectivity index (χ1v) is 13.4. The molecule has 4 rings (SSSR count). The van der Waals surface area contributed by atoms with Crippen molar-refractivity contribution in [1.29, 1.82) is 0 Å². The normalized spacial score (nSPS) is 11.9. The highest BCUT2D eigenvalue weighted by atomic mass is 32.2. The molecule has 10 heteroatoms. The van der Waals surface area contributed by atoms with E-state index in [2.05, 4.69) is 9.97 Å². The van der Waals surface area contributed by atoms with Crippen LogP contribution in [0.2, 0.25) is 0 Å². The molecule has 2 heterocycles. The van der Waals surface area contributed by atoms with Crippen LogP contribution in [0.4, 0.5) is 0 Å². The zero-order valence-electron chi connectivity index (χ0n) is 18.4. The second kappa shape index (κ2) is 9.68. The number of nitrogens with zero attached hydrogens (tertiary/aromatic N) is 2. The first kappa shape index (κ1) is 23.5. The molecule has 0 atom stereocenters. The number of nitrogens with one attached hydrogen (secondary N) is 1. The molecule has 0 fully saturated rings. The standard InChI is InChI=1S/C23H23N3O4S3/c1-15-19(16-7-5-4-6-8-16)20-21(27)24-23(25-22(20)32-15)31-14-13-30-17-9-11-18(12-10-17)33(28,29)26(2)3/h4-12H,13-14H2,1-3H3,(H,24,25,27). The van der Waals surface area contributed by atoms with Crippen LogP contribution in [0.5, 0.6) is 5.75 Å². The predicted molar refractivity (Wildman–Crippen MR) is 134 cm³/mol. The summed E-state index contributed by atoms with van der Waals surface area (Å²) >= 11 is 2.92. The molecule has 0 amide bonds. The van der Waals surface area contributed by atoms with Gasteiger partial charge in [-0.05, 0) is 36.8 Å². The fraction of sp³-hybridized carbons (Fsp3) is 0.217. The Labute approximate surface area is 200 Å². The minimum Gasteiger partial charge on any atom is -0.493 e. The number of hydrogen-bond acceptors (Lipinski definition) is 7. The van der Waals surface area contributed by atoms with Gasteiger partial charge in [-0.2, -0.15) is 0 Å². The number of rotatable bonds is 8. The highest BCUT2D eigenvalue weighted by Gasteiger charge is 2.18. The number of thiophene rings is 1. The van der Waals surface area contributed by atoms with E-state index in [-0.39, 0.29) is 10.5 Å². The summed E-state index contributed by atoms with van der Waals surface area (Å²) in [6.45, 7) is 2.38. The molecule has 2 aromatic heterocycles. The van der Waals surface area contributed by atoms with Crippen molar-refractivity contribution in [3.8, 4) is 16.9 Å². The molecule has 0 aliphatic carbocycles. The summed E-state index contributed by atoms with van der Waals surface area (Å²) in [5, 5.41) is 1.17. The van der Waals surface area contributed by atoms with Gasteiger partial charge in [0.25, 0.3) is 5.56 Å². The minimum atomic E-state index is -3.46. The van der Waals surface area contributed by atoms with Crippen molar-refractivity contribution in [3.63, 3.8) is 0 Å². The molecule has 0 radical (unpaired) electrons. The van der Waals surface area contributed by atoms with Crippen molar-refractivity contribution in [3.05, 3.63) is 69.8 Å². The predicted octanol–water partition coefficient (Wildman–Crippen LogP) is 4.38. The average molecular weight is 502 g/mol. The molecule has 0 aliphatic heterocycles. The van der Waals surface area contributed by atoms with Crippen molar-refractivity contribution in [1.82, 2.24) is 14.3 Å². The van der Waals surface area contributed by atoms with Crippen LogP contribution in [-0.2, 0) is 10.0 Å². The SMILES string of the molecule is Cc1sc2nc(SCCOc3ccc(S(=O)(=O)N(C)C)cc3)[nH]c(=O)c2c1-c1ccccc1. The van der Waals surface area contributed by atoms with E-state index in [9.17, 15) is 13.2 Å². The second-order valence-electron chi connectivity index (χ2n) is 7.41. The summed E-state index contributed by atoms with van der Waals surface area (Å²) in [5.74, 6) is 1.15. The molecule has 0 spiro atoms. The maximum Gasteiger partial charge on any atom is 0.260 e. The third-order valence-corrected chi connectivity index (χ3v) is 8.64. The lowest BCUT2D eigenvalue weighted by Gasteiger charge is -2.12. The Morgan fingerprint density at radius 1 is 1.09 bits per heavy atom. The van der Waals surface area contributed by atoms with Crippen LogP contribution in [0.25, 0.3) is 21.3 Å². The Morgan fingerprint density at radius 2 is 1.79 bits per heavy atom. The van der Waals surface area contributed by atoms with Gasteiger partial charge in [0.15, 0.2) is 5.16 Å². The number of H-pyrrole nitrogens is 1. The third kappa shape index (κ3) is 4.98. The molecule has 7 nitrogen and oxygen atoms in total. The van der Waals surface area contributed by atoms with Crippen LogP contribution in [0.3, 0.4) is 0 Å². The highest BCUT2D eigenvalue weighted by molar-refractivity contribution is 7.99. The Bertz CT molecular complexity index is 1430. The third-order valence-electron chi connectivity index (χ3n) is 4.97. The van der Waals surface area contributed by atoms with Gasteiger partial charge >= 0.3 is 0 Å². The molecule has 0 saturated carbocycles. The molecular formula is C23H23N3O4S3. The zero-order valence-corrected chi connectivity index (χ0v) is 20.8. The second-order valence-corrected chi connectivity index (χ2v) is 11.8. The van der Waals surface area contributed by atoms with Crippen LogP contribution in [0.15, 0.2) is 69.4 Å². The monoisotopic (exact) mass is 501 g/mol. The largest absolute Gasteiger partial charge is 0.493 e. The summed E-state index contributed by atoms with van der Waals surface area (Å²) in [6, 6.07) is 16.2. The Balaban J connectivity index is 1.42. The molecule has 0 unspecified atom stereocenters. The van der Waals surface area contributed by atoms with Crippen molar-refractivity contribution in [2.75, 3.05) is 26.5 Å². The van der Waals surface area contributed by atoms with E-state index >= 15 is 0 Å². The van der Waals surface area contributed by atoms with Crippen molar-refractivity contribution < 1.29 is 13.2 Å². The van der Waals surface area contributed by atoms with E-state index in [0.717, 1.165) is 20.8 Å². The molecular weight excluding hydrogens is 478 g/mol. The Kier molecular flexibility index (Phi) is 6.89. The minimum absolute atomic E-state index is 0.149. The summed E-state index contributed by atoms with van der Waals surface area (Å²) in [7, 11) is -0.478. The van der Waals surface area contributed by atoms with Gasteiger partial charge < -0.3 is 9.72 Å². The number of benzene rings is 2. The number of thioether (sulfide) groups is 1. The van der Waals surface area contributed by atoms with Crippen LogP contribution >= 0.6 is 23.1 Å². The van der Waals surface area contributed by atoms with Crippen LogP contribution in [0.1, 0.15) is 4.88 Å². The van der Waals surface area contributed by atoms with Crippen LogP contribution in [0, 0.1) is 6.92 Å². The molecule has 4 aromatic rings. The first-order chi connectivity index (χ1) is 15.8. The summed E-state index contributed by atoms with van der Waals surface area (Å²) in [4.78, 5) is 22.3. The topological polar surface area (TPSA) is 92.4 Å². The van der Waals surface area contributed by atoms with Crippen molar-refractivity contribution in [2.24, 2.45) is 0 Å². The fourth-order valence-corrected chi connectivity index (χ4v) is 6.02. The number of fused-ring (bicyclic) bond motifs is 1. The van der Waals surface area contributed by atoms with Gasteiger partial charge in [-0.15, -0.1) is 11.3 Å². The summed E-state index contributed by atoms with van der Waals surface area (Å²) in [6.07, 6.45) is 0. The van der Waals surface area contributed by atoms with E-state index < -0.39 is 10.0 Å². The summed E-state index contributed by atoms with van der Waals surface area (Å²) in [5.41, 5.74) is 1.79. The van der Waals surface area contributed by atoms with E-state index in [0.29, 0.717) is 28.7 Å². The number of hydrogen-bond donors (Lipinski definition) is 1. The van der Waals surface area contributed by atoms with Gasteiger partial charge in [0, 0.05) is 30.3 Å². The number of aromatic amines is 1. The molecule has 2 aromatic carbocycles. The summed E-state index contributed by atoms with van der Waals surface area (Å²) < 4.78 is 31.1. The van der Waals surface area contributed by atoms with Gasteiger partial charge in [-0.3, -0.25) is 4.79 Å². The smallest absolute Gasteiger partial charge is 0.260 e. The lowest BCUT2D eigenvalue weighted by atomic mass is 10.0. The van der Waals surface area contributed by atoms with E-state index in [1.807, 2.05) is 37.3 Å². The lowest BCUT2D eigenvalue weighted by molar-refractivity contribution is 0.343. The maximum absolute atomic E-state index is 12.8. The fourth-order valence-electron chi connectivity index (χ4n) is 3.34. The Hall–Kier alpha value is -2.66. The van der Waals surface area contributed by atoms with E-state index in [1.165, 1.54) is 53.6 Å². The Morgan fingerprint density at radius 3 is 2.45 bits per heavy atom. The van der Waals surface area contributed by atoms with E-state index in [1.54, 1.807) is 12.1 Å². The number of aromatic nitrogens is 2. The zero-order chi connectivity index (χ0) is 23.6. The number of ether oxygens (including phenoxy) is 1. The lowest BCUT2D eigenvalue weighted by Crippen LogP contribution is -2.22. The maximum atomic E-state index is 12.8. The number of aryl methyl sites for hydroxylation is 1. The van der Waals surface area contributed by atoms with Crippen LogP contribution < -0.4 is 10.3 Å². The van der Waals surface area contributed by atoms with Gasteiger partial charge in [-0.25, -0.2) is 17.7 Å². The first-order valence-electron chi connectivity index (χ1n) is 10.1. The van der Waals surface area contributed by atoms with Gasteiger partial charge in [0.05, 0.1) is 16.9 Å². The van der Waals surface area contributed by atoms with Crippen molar-refractivity contribution >= 4 is 43.3 Å². The average Bonchev–Trinajstić information content (AvgIpc) is 3.14. The molecule has 33 heavy (non-hydrogen) atoms. The van der Waals surface area contributed by atoms with Gasteiger partial charge in [-0.1, -0.05) is 42.1 Å². The van der Waals surface area contributed by atoms with Gasteiger partial charge in [0.2, 0.25) is 10.0 Å². The number of sulfonamides is 1. The molecule has 0 aliphatic rings. The quantitative estimate of drug-likeness (QED) is 0.219.